The highest BCUT2D eigenvalue weighted by Gasteiger charge is 2.08. The van der Waals surface area contributed by atoms with E-state index in [1.54, 1.807) is 0 Å². The lowest BCUT2D eigenvalue weighted by Crippen LogP contribution is -2.18. The van der Waals surface area contributed by atoms with Crippen molar-refractivity contribution in [3.63, 3.8) is 0 Å². The van der Waals surface area contributed by atoms with E-state index in [0.29, 0.717) is 6.04 Å². The Kier molecular flexibility index (Phi) is 4.61. The van der Waals surface area contributed by atoms with Crippen molar-refractivity contribution in [1.29, 1.82) is 0 Å². The summed E-state index contributed by atoms with van der Waals surface area (Å²) in [4.78, 5) is 0. The smallest absolute Gasteiger partial charge is 0.0306 e. The Morgan fingerprint density at radius 1 is 1.28 bits per heavy atom. The molecular weight excluding hydrogens is 288 g/mol. The Labute approximate surface area is 117 Å². The third-order valence-electron chi connectivity index (χ3n) is 3.16. The van der Waals surface area contributed by atoms with E-state index in [1.165, 1.54) is 11.1 Å². The number of nitrogens with zero attached hydrogens (tertiary/aromatic N) is 1. The second kappa shape index (κ2) is 6.21. The molecule has 18 heavy (non-hydrogen) atoms. The first-order chi connectivity index (χ1) is 8.70. The van der Waals surface area contributed by atoms with E-state index in [4.69, 9.17) is 0 Å². The molecule has 2 nitrogen and oxygen atoms in total. The van der Waals surface area contributed by atoms with Crippen molar-refractivity contribution < 1.29 is 0 Å². The highest BCUT2D eigenvalue weighted by molar-refractivity contribution is 9.10. The SMILES string of the molecule is CCn1ccc(CNC(C)c2ccccc2Br)c1. The quantitative estimate of drug-likeness (QED) is 0.879. The first kappa shape index (κ1) is 13.4. The topological polar surface area (TPSA) is 17.0 Å². The molecule has 0 saturated heterocycles. The van der Waals surface area contributed by atoms with Crippen molar-refractivity contribution in [2.24, 2.45) is 0 Å². The van der Waals surface area contributed by atoms with Gasteiger partial charge < -0.3 is 9.88 Å². The van der Waals surface area contributed by atoms with Crippen LogP contribution in [0.25, 0.3) is 0 Å². The summed E-state index contributed by atoms with van der Waals surface area (Å²) in [5.74, 6) is 0. The van der Waals surface area contributed by atoms with Gasteiger partial charge in [0.15, 0.2) is 0 Å². The molecule has 3 heteroatoms. The van der Waals surface area contributed by atoms with Gasteiger partial charge in [-0.25, -0.2) is 0 Å². The zero-order chi connectivity index (χ0) is 13.0. The molecule has 1 N–H and O–H groups in total. The van der Waals surface area contributed by atoms with Gasteiger partial charge in [-0.15, -0.1) is 0 Å². The number of rotatable bonds is 5. The number of hydrogen-bond acceptors (Lipinski definition) is 1. The van der Waals surface area contributed by atoms with Gasteiger partial charge in [-0.05, 0) is 37.1 Å². The molecule has 0 bridgehead atoms. The van der Waals surface area contributed by atoms with E-state index < -0.39 is 0 Å². The Morgan fingerprint density at radius 2 is 2.06 bits per heavy atom. The fourth-order valence-electron chi connectivity index (χ4n) is 2.00. The molecular formula is C15H19BrN2. The van der Waals surface area contributed by atoms with Gasteiger partial charge in [0, 0.05) is 36.0 Å². The van der Waals surface area contributed by atoms with Gasteiger partial charge in [-0.1, -0.05) is 34.1 Å². The Bertz CT molecular complexity index is 505. The van der Waals surface area contributed by atoms with Crippen LogP contribution in [-0.4, -0.2) is 4.57 Å². The minimum Gasteiger partial charge on any atom is -0.354 e. The van der Waals surface area contributed by atoms with Crippen LogP contribution in [0.2, 0.25) is 0 Å². The largest absolute Gasteiger partial charge is 0.354 e. The first-order valence-corrected chi connectivity index (χ1v) is 7.12. The maximum atomic E-state index is 3.59. The van der Waals surface area contributed by atoms with E-state index in [2.05, 4.69) is 76.3 Å². The molecule has 0 fully saturated rings. The first-order valence-electron chi connectivity index (χ1n) is 6.33. The van der Waals surface area contributed by atoms with E-state index in [-0.39, 0.29) is 0 Å². The second-order valence-corrected chi connectivity index (χ2v) is 5.33. The van der Waals surface area contributed by atoms with Gasteiger partial charge in [0.1, 0.15) is 0 Å². The van der Waals surface area contributed by atoms with E-state index >= 15 is 0 Å². The van der Waals surface area contributed by atoms with Crippen LogP contribution >= 0.6 is 15.9 Å². The van der Waals surface area contributed by atoms with Crippen molar-refractivity contribution >= 4 is 15.9 Å². The number of aromatic nitrogens is 1. The maximum Gasteiger partial charge on any atom is 0.0306 e. The van der Waals surface area contributed by atoms with Gasteiger partial charge >= 0.3 is 0 Å². The summed E-state index contributed by atoms with van der Waals surface area (Å²) < 4.78 is 3.36. The predicted molar refractivity (Wildman–Crippen MR) is 79.5 cm³/mol. The average molecular weight is 307 g/mol. The highest BCUT2D eigenvalue weighted by Crippen LogP contribution is 2.22. The molecule has 1 heterocycles. The van der Waals surface area contributed by atoms with Gasteiger partial charge in [0.05, 0.1) is 0 Å². The van der Waals surface area contributed by atoms with E-state index in [0.717, 1.165) is 17.6 Å². The number of benzene rings is 1. The molecule has 0 aliphatic carbocycles. The average Bonchev–Trinajstić information content (AvgIpc) is 2.84. The van der Waals surface area contributed by atoms with Gasteiger partial charge in [0.2, 0.25) is 0 Å². The Hall–Kier alpha value is -1.06. The molecule has 1 aromatic carbocycles. The molecule has 0 spiro atoms. The molecule has 1 atom stereocenters. The van der Waals surface area contributed by atoms with Gasteiger partial charge in [0.25, 0.3) is 0 Å². The third-order valence-corrected chi connectivity index (χ3v) is 3.88. The summed E-state index contributed by atoms with van der Waals surface area (Å²) in [6.07, 6.45) is 4.32. The van der Waals surface area contributed by atoms with Crippen LogP contribution in [0.5, 0.6) is 0 Å². The van der Waals surface area contributed by atoms with Crippen molar-refractivity contribution in [3.8, 4) is 0 Å². The lowest BCUT2D eigenvalue weighted by molar-refractivity contribution is 0.572. The Balaban J connectivity index is 1.96. The normalized spacial score (nSPS) is 12.6. The zero-order valence-electron chi connectivity index (χ0n) is 10.9. The summed E-state index contributed by atoms with van der Waals surface area (Å²) in [6, 6.07) is 10.9. The lowest BCUT2D eigenvalue weighted by atomic mass is 10.1. The molecule has 2 aromatic rings. The third kappa shape index (κ3) is 3.24. The van der Waals surface area contributed by atoms with Gasteiger partial charge in [-0.3, -0.25) is 0 Å². The van der Waals surface area contributed by atoms with Crippen LogP contribution in [0.15, 0.2) is 47.2 Å². The van der Waals surface area contributed by atoms with Crippen LogP contribution in [0.3, 0.4) is 0 Å². The van der Waals surface area contributed by atoms with Crippen LogP contribution in [0, 0.1) is 0 Å². The van der Waals surface area contributed by atoms with Crippen molar-refractivity contribution in [2.45, 2.75) is 33.0 Å². The maximum absolute atomic E-state index is 3.59. The number of aryl methyl sites for hydroxylation is 1. The minimum atomic E-state index is 0.338. The van der Waals surface area contributed by atoms with Gasteiger partial charge in [-0.2, -0.15) is 0 Å². The van der Waals surface area contributed by atoms with Crippen LogP contribution in [0.4, 0.5) is 0 Å². The highest BCUT2D eigenvalue weighted by atomic mass is 79.9. The molecule has 1 aromatic heterocycles. The molecule has 0 aliphatic heterocycles. The van der Waals surface area contributed by atoms with Crippen LogP contribution < -0.4 is 5.32 Å². The van der Waals surface area contributed by atoms with Crippen LogP contribution in [-0.2, 0) is 13.1 Å². The monoisotopic (exact) mass is 306 g/mol. The fourth-order valence-corrected chi connectivity index (χ4v) is 2.63. The zero-order valence-corrected chi connectivity index (χ0v) is 12.4. The van der Waals surface area contributed by atoms with Crippen molar-refractivity contribution in [1.82, 2.24) is 9.88 Å². The van der Waals surface area contributed by atoms with E-state index in [1.807, 2.05) is 6.07 Å². The standard InChI is InChI=1S/C15H19BrN2/c1-3-18-9-8-13(11-18)10-17-12(2)14-6-4-5-7-15(14)16/h4-9,11-12,17H,3,10H2,1-2H3. The molecule has 0 aliphatic rings. The minimum absolute atomic E-state index is 0.338. The van der Waals surface area contributed by atoms with Crippen molar-refractivity contribution in [3.05, 3.63) is 58.3 Å². The second-order valence-electron chi connectivity index (χ2n) is 4.47. The molecule has 96 valence electrons. The molecule has 2 rings (SSSR count). The summed E-state index contributed by atoms with van der Waals surface area (Å²) in [5.41, 5.74) is 2.63. The summed E-state index contributed by atoms with van der Waals surface area (Å²) >= 11 is 3.59. The predicted octanol–water partition coefficient (Wildman–Crippen LogP) is 4.12. The molecule has 0 saturated carbocycles. The van der Waals surface area contributed by atoms with E-state index in [9.17, 15) is 0 Å². The fraction of sp³-hybridized carbons (Fsp3) is 0.333. The molecule has 0 amide bonds. The Morgan fingerprint density at radius 3 is 2.72 bits per heavy atom. The van der Waals surface area contributed by atoms with Crippen LogP contribution in [0.1, 0.15) is 31.0 Å². The number of nitrogens with one attached hydrogen (secondary N) is 1. The number of halogens is 1. The summed E-state index contributed by atoms with van der Waals surface area (Å²) in [6.45, 7) is 6.27. The molecule has 0 radical (unpaired) electrons. The lowest BCUT2D eigenvalue weighted by Gasteiger charge is -2.15. The number of hydrogen-bond donors (Lipinski definition) is 1. The molecule has 1 unspecified atom stereocenters. The van der Waals surface area contributed by atoms with Crippen molar-refractivity contribution in [2.75, 3.05) is 0 Å². The summed E-state index contributed by atoms with van der Waals surface area (Å²) in [7, 11) is 0. The summed E-state index contributed by atoms with van der Waals surface area (Å²) in [5, 5.41) is 3.55.